The molecule has 15 heteroatoms. The van der Waals surface area contributed by atoms with Gasteiger partial charge in [0.25, 0.3) is 10.0 Å². The topological polar surface area (TPSA) is 89.5 Å². The van der Waals surface area contributed by atoms with Crippen LogP contribution >= 0.6 is 0 Å². The van der Waals surface area contributed by atoms with Gasteiger partial charge in [0.1, 0.15) is 0 Å². The number of rotatable bonds is 6. The second-order valence-corrected chi connectivity index (χ2v) is 11.4. The first-order valence-corrected chi connectivity index (χ1v) is 11.2. The summed E-state index contributed by atoms with van der Waals surface area (Å²) in [6.45, 7) is 0. The number of nitrogens with one attached hydrogen (secondary N) is 1. The van der Waals surface area contributed by atoms with Gasteiger partial charge in [0.15, 0.2) is 0 Å². The number of alkyl halides is 7. The van der Waals surface area contributed by atoms with Crippen molar-refractivity contribution >= 4 is 20.0 Å². The van der Waals surface area contributed by atoms with E-state index in [2.05, 4.69) is 4.74 Å². The molecule has 0 amide bonds. The largest absolute Gasteiger partial charge is 0.512 e. The highest BCUT2D eigenvalue weighted by Gasteiger charge is 2.72. The minimum atomic E-state index is -7.01. The molecule has 4 aliphatic rings. The molecule has 164 valence electrons. The fraction of sp³-hybridized carbons (Fsp3) is 1.00. The fourth-order valence-corrected chi connectivity index (χ4v) is 7.19. The van der Waals surface area contributed by atoms with Gasteiger partial charge in [-0.15, -0.1) is 0 Å². The van der Waals surface area contributed by atoms with Crippen LogP contribution in [0.5, 0.6) is 0 Å². The van der Waals surface area contributed by atoms with Crippen LogP contribution in [0.4, 0.5) is 30.7 Å². The maximum Gasteiger partial charge on any atom is 0.512 e. The van der Waals surface area contributed by atoms with E-state index in [1.54, 1.807) is 0 Å². The van der Waals surface area contributed by atoms with Gasteiger partial charge in [-0.3, -0.25) is 0 Å². The lowest BCUT2D eigenvalue weighted by Crippen LogP contribution is -2.61. The number of hydrogen-bond acceptors (Lipinski definition) is 5. The van der Waals surface area contributed by atoms with Crippen molar-refractivity contribution in [3.63, 3.8) is 0 Å². The lowest BCUT2D eigenvalue weighted by molar-refractivity contribution is -0.374. The first-order chi connectivity index (χ1) is 12.4. The third-order valence-electron chi connectivity index (χ3n) is 5.53. The Balaban J connectivity index is 1.86. The molecule has 0 aliphatic heterocycles. The summed E-state index contributed by atoms with van der Waals surface area (Å²) in [5, 5.41) is -6.26. The summed E-state index contributed by atoms with van der Waals surface area (Å²) in [5.41, 5.74) is -8.02. The number of hydrogen-bond donors (Lipinski definition) is 1. The summed E-state index contributed by atoms with van der Waals surface area (Å²) in [6, 6.07) is 0. The molecule has 0 radical (unpaired) electrons. The van der Waals surface area contributed by atoms with Gasteiger partial charge in [0, 0.05) is 0 Å². The van der Waals surface area contributed by atoms with E-state index in [1.807, 2.05) is 0 Å². The SMILES string of the molecule is O=S(=O)(NS(=O)(=O)C(F)(F)C(F)(F)OC12CC3CC(CC(C3)C1)C2)C(F)(F)F. The maximum absolute atomic E-state index is 14.2. The van der Waals surface area contributed by atoms with Crippen molar-refractivity contribution in [1.29, 1.82) is 0 Å². The molecule has 28 heavy (non-hydrogen) atoms. The van der Waals surface area contributed by atoms with Gasteiger partial charge in [0.2, 0.25) is 0 Å². The quantitative estimate of drug-likeness (QED) is 0.612. The summed E-state index contributed by atoms with van der Waals surface area (Å²) >= 11 is 0. The lowest BCUT2D eigenvalue weighted by Gasteiger charge is -2.56. The van der Waals surface area contributed by atoms with E-state index in [1.165, 1.54) is 0 Å². The Hall–Kier alpha value is -0.670. The van der Waals surface area contributed by atoms with E-state index in [-0.39, 0.29) is 41.1 Å². The van der Waals surface area contributed by atoms with Crippen LogP contribution in [0.15, 0.2) is 0 Å². The highest BCUT2D eigenvalue weighted by Crippen LogP contribution is 2.59. The molecule has 0 atom stereocenters. The molecule has 0 aromatic heterocycles. The van der Waals surface area contributed by atoms with Gasteiger partial charge in [-0.25, -0.2) is 16.8 Å². The second kappa shape index (κ2) is 6.17. The van der Waals surface area contributed by atoms with Crippen molar-refractivity contribution in [3.05, 3.63) is 0 Å². The lowest BCUT2D eigenvalue weighted by atomic mass is 9.54. The highest BCUT2D eigenvalue weighted by molar-refractivity contribution is 8.05. The van der Waals surface area contributed by atoms with Crippen LogP contribution in [0.25, 0.3) is 0 Å². The predicted molar refractivity (Wildman–Crippen MR) is 78.9 cm³/mol. The molecule has 0 spiro atoms. The third kappa shape index (κ3) is 3.51. The third-order valence-corrected chi connectivity index (χ3v) is 8.80. The van der Waals surface area contributed by atoms with Crippen LogP contribution in [0, 0.1) is 17.8 Å². The van der Waals surface area contributed by atoms with E-state index in [9.17, 15) is 47.6 Å². The molecule has 0 heterocycles. The van der Waals surface area contributed by atoms with Gasteiger partial charge in [-0.05, 0) is 56.3 Å². The standard InChI is InChI=1S/C13H16F7NO5S2/c14-11(15,12(16,17)27(22,23)21-28(24,25)13(18,19)20)26-10-4-7-1-8(5-10)3-9(2-7)6-10/h7-9,21H,1-6H2. The minimum Gasteiger partial charge on any atom is -0.308 e. The Morgan fingerprint density at radius 3 is 1.50 bits per heavy atom. The van der Waals surface area contributed by atoms with Gasteiger partial charge >= 0.3 is 26.9 Å². The van der Waals surface area contributed by atoms with E-state index < -0.39 is 42.5 Å². The summed E-state index contributed by atoms with van der Waals surface area (Å²) in [5.74, 6) is -0.136. The smallest absolute Gasteiger partial charge is 0.308 e. The fourth-order valence-electron chi connectivity index (χ4n) is 4.89. The zero-order chi connectivity index (χ0) is 21.4. The minimum absolute atomic E-state index is 0.00000405. The normalized spacial score (nSPS) is 34.0. The van der Waals surface area contributed by atoms with Crippen molar-refractivity contribution in [1.82, 2.24) is 4.13 Å². The molecule has 0 aromatic carbocycles. The van der Waals surface area contributed by atoms with E-state index >= 15 is 0 Å². The Morgan fingerprint density at radius 1 is 0.750 bits per heavy atom. The summed E-state index contributed by atoms with van der Waals surface area (Å²) in [7, 11) is -13.9. The summed E-state index contributed by atoms with van der Waals surface area (Å²) in [6.07, 6.45) is -3.60. The average molecular weight is 463 g/mol. The number of sulfonamides is 2. The van der Waals surface area contributed by atoms with Crippen LogP contribution in [0.3, 0.4) is 0 Å². The molecule has 4 saturated carbocycles. The Morgan fingerprint density at radius 2 is 1.14 bits per heavy atom. The predicted octanol–water partition coefficient (Wildman–Crippen LogP) is 2.93. The monoisotopic (exact) mass is 463 g/mol. The van der Waals surface area contributed by atoms with Crippen molar-refractivity contribution in [2.45, 2.75) is 61.0 Å². The second-order valence-electron chi connectivity index (χ2n) is 7.77. The van der Waals surface area contributed by atoms with E-state index in [4.69, 9.17) is 0 Å². The van der Waals surface area contributed by atoms with Crippen molar-refractivity contribution in [2.24, 2.45) is 17.8 Å². The van der Waals surface area contributed by atoms with E-state index in [0.717, 1.165) is 0 Å². The van der Waals surface area contributed by atoms with Gasteiger partial charge in [0.05, 0.1) is 5.60 Å². The van der Waals surface area contributed by atoms with Gasteiger partial charge < -0.3 is 4.74 Å². The van der Waals surface area contributed by atoms with Crippen LogP contribution < -0.4 is 4.13 Å². The van der Waals surface area contributed by atoms with Gasteiger partial charge in [-0.1, -0.05) is 4.13 Å². The zero-order valence-electron chi connectivity index (χ0n) is 14.0. The van der Waals surface area contributed by atoms with Gasteiger partial charge in [-0.2, -0.15) is 30.7 Å². The molecule has 0 aromatic rings. The van der Waals surface area contributed by atoms with Crippen molar-refractivity contribution in [2.75, 3.05) is 0 Å². The molecule has 0 unspecified atom stereocenters. The molecular weight excluding hydrogens is 447 g/mol. The molecule has 4 aliphatic carbocycles. The molecule has 0 saturated heterocycles. The zero-order valence-corrected chi connectivity index (χ0v) is 15.6. The Kier molecular flexibility index (Phi) is 4.85. The number of halogens is 7. The molecule has 1 N–H and O–H groups in total. The Labute approximate surface area is 155 Å². The molecular formula is C13H16F7NO5S2. The van der Waals surface area contributed by atoms with Crippen LogP contribution in [0.1, 0.15) is 38.5 Å². The first kappa shape index (κ1) is 22.0. The summed E-state index contributed by atoms with van der Waals surface area (Å²) < 4.78 is 142. The maximum atomic E-state index is 14.2. The average Bonchev–Trinajstić information content (AvgIpc) is 2.41. The first-order valence-electron chi connectivity index (χ1n) is 8.20. The molecule has 6 nitrogen and oxygen atoms in total. The van der Waals surface area contributed by atoms with Crippen LogP contribution in [-0.4, -0.2) is 39.3 Å². The molecule has 4 fully saturated rings. The molecule has 4 rings (SSSR count). The van der Waals surface area contributed by atoms with E-state index in [0.29, 0.717) is 19.3 Å². The summed E-state index contributed by atoms with van der Waals surface area (Å²) in [4.78, 5) is 0. The van der Waals surface area contributed by atoms with Crippen LogP contribution in [0.2, 0.25) is 0 Å². The van der Waals surface area contributed by atoms with Crippen molar-refractivity contribution < 1.29 is 52.3 Å². The Bertz CT molecular complexity index is 818. The van der Waals surface area contributed by atoms with Crippen molar-refractivity contribution in [3.8, 4) is 0 Å². The van der Waals surface area contributed by atoms with Crippen LogP contribution in [-0.2, 0) is 24.8 Å². The molecule has 4 bridgehead atoms. The number of ether oxygens (including phenoxy) is 1. The highest BCUT2D eigenvalue weighted by atomic mass is 32.3.